The van der Waals surface area contributed by atoms with Crippen molar-refractivity contribution in [3.8, 4) is 0 Å². The first kappa shape index (κ1) is 26.0. The molecule has 5 nitrogen and oxygen atoms in total. The molecule has 3 rings (SSSR count). The Bertz CT molecular complexity index is 913. The van der Waals surface area contributed by atoms with Gasteiger partial charge in [-0.1, -0.05) is 61.9 Å². The van der Waals surface area contributed by atoms with E-state index >= 15 is 0 Å². The number of anilines is 1. The molecule has 1 aliphatic heterocycles. The number of rotatable bonds is 9. The molecule has 184 valence electrons. The predicted octanol–water partition coefficient (Wildman–Crippen LogP) is 5.93. The van der Waals surface area contributed by atoms with Crippen molar-refractivity contribution in [2.75, 3.05) is 25.0 Å². The van der Waals surface area contributed by atoms with Crippen molar-refractivity contribution in [3.63, 3.8) is 0 Å². The molecule has 1 saturated heterocycles. The number of nitrogens with one attached hydrogen (secondary N) is 1. The number of para-hydroxylation sites is 1. The van der Waals surface area contributed by atoms with Crippen LogP contribution in [0.5, 0.6) is 0 Å². The van der Waals surface area contributed by atoms with Gasteiger partial charge in [-0.2, -0.15) is 0 Å². The maximum Gasteiger partial charge on any atom is 0.362 e. The average Bonchev–Trinajstić information content (AvgIpc) is 2.81. The maximum atomic E-state index is 13.8. The largest absolute Gasteiger partial charge is 0.457 e. The van der Waals surface area contributed by atoms with E-state index < -0.39 is 0 Å². The first-order valence-electron chi connectivity index (χ1n) is 12.9. The molecule has 2 aromatic carbocycles. The van der Waals surface area contributed by atoms with Crippen molar-refractivity contribution in [1.82, 2.24) is 0 Å². The third-order valence-electron chi connectivity index (χ3n) is 7.15. The van der Waals surface area contributed by atoms with E-state index in [1.807, 2.05) is 62.4 Å². The van der Waals surface area contributed by atoms with Crippen LogP contribution in [0.15, 0.2) is 48.5 Å². The van der Waals surface area contributed by atoms with Crippen LogP contribution in [0.1, 0.15) is 68.6 Å². The van der Waals surface area contributed by atoms with Gasteiger partial charge in [0.25, 0.3) is 5.91 Å². The molecule has 1 aliphatic rings. The van der Waals surface area contributed by atoms with Crippen molar-refractivity contribution >= 4 is 17.6 Å². The molecule has 0 saturated carbocycles. The van der Waals surface area contributed by atoms with Crippen LogP contribution < -0.4 is 5.32 Å². The highest BCUT2D eigenvalue weighted by Crippen LogP contribution is 2.28. The number of nitrogens with zero attached hydrogens (tertiary/aromatic N) is 1. The molecule has 34 heavy (non-hydrogen) atoms. The van der Waals surface area contributed by atoms with Gasteiger partial charge >= 0.3 is 5.97 Å². The Morgan fingerprint density at radius 3 is 2.15 bits per heavy atom. The molecule has 0 radical (unpaired) electrons. The van der Waals surface area contributed by atoms with Gasteiger partial charge in [-0.25, -0.2) is 4.79 Å². The molecular weight excluding hydrogens is 424 g/mol. The Labute approximate surface area is 205 Å². The van der Waals surface area contributed by atoms with Crippen LogP contribution in [0.2, 0.25) is 0 Å². The topological polar surface area (TPSA) is 55.4 Å². The van der Waals surface area contributed by atoms with Crippen LogP contribution in [-0.2, 0) is 20.9 Å². The van der Waals surface area contributed by atoms with Crippen molar-refractivity contribution < 1.29 is 18.8 Å². The minimum atomic E-state index is -0.272. The Hall–Kier alpha value is -2.66. The molecule has 1 atom stereocenters. The van der Waals surface area contributed by atoms with E-state index in [4.69, 9.17) is 4.74 Å². The van der Waals surface area contributed by atoms with E-state index in [9.17, 15) is 9.59 Å². The number of ether oxygens (including phenoxy) is 1. The summed E-state index contributed by atoms with van der Waals surface area (Å²) in [4.78, 5) is 26.9. The van der Waals surface area contributed by atoms with Gasteiger partial charge in [0.2, 0.25) is 0 Å². The number of benzene rings is 2. The SMILES string of the molecule is CCCC(C(=O)Nc1c(C)cccc1C)[N+]1(CC(=O)OCc2ccccc2)CCCCCCC1. The average molecular weight is 466 g/mol. The number of quaternary nitrogens is 1. The van der Waals surface area contributed by atoms with Gasteiger partial charge in [0.15, 0.2) is 12.6 Å². The zero-order valence-corrected chi connectivity index (χ0v) is 21.1. The Kier molecular flexibility index (Phi) is 9.70. The number of likely N-dealkylation sites (tertiary alicyclic amines) is 1. The number of esters is 1. The lowest BCUT2D eigenvalue weighted by atomic mass is 9.98. The second-order valence-corrected chi connectivity index (χ2v) is 9.80. The zero-order chi connectivity index (χ0) is 24.4. The monoisotopic (exact) mass is 465 g/mol. The highest BCUT2D eigenvalue weighted by molar-refractivity contribution is 5.95. The number of aryl methyl sites for hydroxylation is 2. The summed E-state index contributed by atoms with van der Waals surface area (Å²) in [5, 5.41) is 3.25. The van der Waals surface area contributed by atoms with E-state index in [0.29, 0.717) is 4.48 Å². The molecule has 0 aliphatic carbocycles. The van der Waals surface area contributed by atoms with E-state index in [0.717, 1.165) is 74.0 Å². The molecule has 0 aromatic heterocycles. The van der Waals surface area contributed by atoms with E-state index in [2.05, 4.69) is 12.2 Å². The highest BCUT2D eigenvalue weighted by atomic mass is 16.5. The van der Waals surface area contributed by atoms with Gasteiger partial charge in [0.1, 0.15) is 6.61 Å². The van der Waals surface area contributed by atoms with Crippen LogP contribution in [0.4, 0.5) is 5.69 Å². The summed E-state index contributed by atoms with van der Waals surface area (Å²) < 4.78 is 6.20. The molecular formula is C29H41N2O3+. The third-order valence-corrected chi connectivity index (χ3v) is 7.15. The van der Waals surface area contributed by atoms with Crippen LogP contribution in [0.25, 0.3) is 0 Å². The smallest absolute Gasteiger partial charge is 0.362 e. The second kappa shape index (κ2) is 12.7. The fraction of sp³-hybridized carbons (Fsp3) is 0.517. The maximum absolute atomic E-state index is 13.8. The zero-order valence-electron chi connectivity index (χ0n) is 21.1. The van der Waals surface area contributed by atoms with Crippen molar-refractivity contribution in [2.45, 2.75) is 78.4 Å². The molecule has 2 aromatic rings. The molecule has 0 bridgehead atoms. The van der Waals surface area contributed by atoms with Gasteiger partial charge in [-0.3, -0.25) is 4.79 Å². The molecule has 1 unspecified atom stereocenters. The first-order valence-corrected chi connectivity index (χ1v) is 12.9. The Morgan fingerprint density at radius 2 is 1.53 bits per heavy atom. The number of carbonyl (C=O) groups excluding carboxylic acids is 2. The van der Waals surface area contributed by atoms with Crippen molar-refractivity contribution in [3.05, 3.63) is 65.2 Å². The van der Waals surface area contributed by atoms with Crippen LogP contribution in [0.3, 0.4) is 0 Å². The molecule has 1 fully saturated rings. The van der Waals surface area contributed by atoms with E-state index in [1.165, 1.54) is 6.42 Å². The minimum Gasteiger partial charge on any atom is -0.457 e. The fourth-order valence-corrected chi connectivity index (χ4v) is 5.26. The standard InChI is InChI=1S/C29H40N2O3/c1-4-14-26(29(33)30-28-23(2)15-13-16-24(28)3)31(19-11-6-5-7-12-20-31)21-27(32)34-22-25-17-9-8-10-18-25/h8-10,13,15-18,26H,4-7,11-12,14,19-22H2,1-3H3/p+1. The normalized spacial score (nSPS) is 16.7. The van der Waals surface area contributed by atoms with E-state index in [1.54, 1.807) is 0 Å². The lowest BCUT2D eigenvalue weighted by Gasteiger charge is -2.44. The summed E-state index contributed by atoms with van der Waals surface area (Å²) in [5.74, 6) is -0.193. The van der Waals surface area contributed by atoms with Gasteiger partial charge in [0, 0.05) is 12.1 Å². The summed E-state index contributed by atoms with van der Waals surface area (Å²) in [6, 6.07) is 15.6. The lowest BCUT2D eigenvalue weighted by molar-refractivity contribution is -0.937. The predicted molar refractivity (Wildman–Crippen MR) is 137 cm³/mol. The molecule has 1 amide bonds. The molecule has 1 heterocycles. The quantitative estimate of drug-likeness (QED) is 0.369. The van der Waals surface area contributed by atoms with Crippen LogP contribution in [-0.4, -0.2) is 42.0 Å². The molecule has 5 heteroatoms. The van der Waals surface area contributed by atoms with Gasteiger partial charge in [-0.05, 0) is 62.6 Å². The number of amides is 1. The molecule has 1 N–H and O–H groups in total. The summed E-state index contributed by atoms with van der Waals surface area (Å²) in [7, 11) is 0. The fourth-order valence-electron chi connectivity index (χ4n) is 5.26. The second-order valence-electron chi connectivity index (χ2n) is 9.80. The van der Waals surface area contributed by atoms with Gasteiger partial charge in [0.05, 0.1) is 13.1 Å². The lowest BCUT2D eigenvalue weighted by Crippen LogP contribution is -2.63. The third kappa shape index (κ3) is 6.92. The highest BCUT2D eigenvalue weighted by Gasteiger charge is 2.43. The Balaban J connectivity index is 1.83. The minimum absolute atomic E-state index is 0.0238. The van der Waals surface area contributed by atoms with Crippen molar-refractivity contribution in [2.24, 2.45) is 0 Å². The van der Waals surface area contributed by atoms with Crippen LogP contribution in [0, 0.1) is 13.8 Å². The summed E-state index contributed by atoms with van der Waals surface area (Å²) in [5.41, 5.74) is 3.99. The van der Waals surface area contributed by atoms with Crippen molar-refractivity contribution in [1.29, 1.82) is 0 Å². The van der Waals surface area contributed by atoms with Gasteiger partial charge in [-0.15, -0.1) is 0 Å². The first-order chi connectivity index (χ1) is 16.4. The summed E-state index contributed by atoms with van der Waals surface area (Å²) >= 11 is 0. The van der Waals surface area contributed by atoms with Crippen LogP contribution >= 0.6 is 0 Å². The number of carbonyl (C=O) groups is 2. The number of hydrogen-bond acceptors (Lipinski definition) is 3. The van der Waals surface area contributed by atoms with Gasteiger partial charge < -0.3 is 14.5 Å². The summed E-state index contributed by atoms with van der Waals surface area (Å²) in [6.45, 7) is 8.37. The van der Waals surface area contributed by atoms with E-state index in [-0.39, 0.29) is 31.1 Å². The Morgan fingerprint density at radius 1 is 0.912 bits per heavy atom. The summed E-state index contributed by atoms with van der Waals surface area (Å²) in [6.07, 6.45) is 7.23. The molecule has 0 spiro atoms. The number of hydrogen-bond donors (Lipinski definition) is 1.